The van der Waals surface area contributed by atoms with Crippen molar-refractivity contribution in [3.05, 3.63) is 66.1 Å². The van der Waals surface area contributed by atoms with Gasteiger partial charge in [-0.15, -0.1) is 5.10 Å². The molecule has 0 aliphatic rings. The van der Waals surface area contributed by atoms with Gasteiger partial charge in [-0.3, -0.25) is 0 Å². The zero-order valence-corrected chi connectivity index (χ0v) is 15.3. The number of nitrogens with one attached hydrogen (secondary N) is 2. The van der Waals surface area contributed by atoms with Gasteiger partial charge in [0.2, 0.25) is 5.95 Å². The molecule has 0 spiro atoms. The van der Waals surface area contributed by atoms with Gasteiger partial charge in [-0.1, -0.05) is 12.1 Å². The number of ether oxygens (including phenoxy) is 1. The minimum Gasteiger partial charge on any atom is -0.491 e. The minimum atomic E-state index is -0.234. The van der Waals surface area contributed by atoms with E-state index >= 15 is 0 Å². The van der Waals surface area contributed by atoms with E-state index in [4.69, 9.17) is 4.74 Å². The zero-order chi connectivity index (χ0) is 19.1. The Morgan fingerprint density at radius 2 is 1.78 bits per heavy atom. The Kier molecular flexibility index (Phi) is 6.14. The monoisotopic (exact) mass is 367 g/mol. The van der Waals surface area contributed by atoms with Crippen molar-refractivity contribution in [1.82, 2.24) is 15.2 Å². The molecule has 1 aromatic heterocycles. The van der Waals surface area contributed by atoms with Gasteiger partial charge in [0, 0.05) is 12.2 Å². The first-order chi connectivity index (χ1) is 13.1. The van der Waals surface area contributed by atoms with Crippen LogP contribution in [0.2, 0.25) is 0 Å². The fourth-order valence-corrected chi connectivity index (χ4v) is 2.45. The van der Waals surface area contributed by atoms with Crippen molar-refractivity contribution in [2.45, 2.75) is 26.4 Å². The summed E-state index contributed by atoms with van der Waals surface area (Å²) in [4.78, 5) is 4.40. The van der Waals surface area contributed by atoms with Crippen molar-refractivity contribution in [2.75, 3.05) is 17.2 Å². The highest BCUT2D eigenvalue weighted by Crippen LogP contribution is 2.19. The second kappa shape index (κ2) is 8.93. The molecule has 3 rings (SSSR count). The average molecular weight is 367 g/mol. The fraction of sp³-hybridized carbons (Fsp3) is 0.250. The molecule has 0 amide bonds. The summed E-state index contributed by atoms with van der Waals surface area (Å²) >= 11 is 0. The second-order valence-electron chi connectivity index (χ2n) is 6.28. The Morgan fingerprint density at radius 3 is 2.48 bits per heavy atom. The highest BCUT2D eigenvalue weighted by atomic mass is 19.1. The van der Waals surface area contributed by atoms with E-state index in [9.17, 15) is 4.39 Å². The molecule has 27 heavy (non-hydrogen) atoms. The van der Waals surface area contributed by atoms with Crippen LogP contribution < -0.4 is 15.4 Å². The van der Waals surface area contributed by atoms with Crippen LogP contribution in [0.15, 0.2) is 54.7 Å². The van der Waals surface area contributed by atoms with Crippen molar-refractivity contribution in [2.24, 2.45) is 0 Å². The lowest BCUT2D eigenvalue weighted by Gasteiger charge is -2.11. The maximum atomic E-state index is 12.9. The molecule has 140 valence electrons. The van der Waals surface area contributed by atoms with Crippen molar-refractivity contribution < 1.29 is 9.13 Å². The summed E-state index contributed by atoms with van der Waals surface area (Å²) in [6.45, 7) is 4.60. The van der Waals surface area contributed by atoms with Crippen LogP contribution in [0.5, 0.6) is 5.75 Å². The standard InChI is InChI=1S/C20H22FN5O/c1-14(2)27-18-9-7-17(8-10-18)24-19-13-23-26-20(25-19)22-12-11-15-3-5-16(21)6-4-15/h3-10,13-14H,11-12H2,1-2H3,(H2,22,24,25,26). The van der Waals surface area contributed by atoms with Crippen molar-refractivity contribution >= 4 is 17.5 Å². The molecule has 0 unspecified atom stereocenters. The lowest BCUT2D eigenvalue weighted by Crippen LogP contribution is -2.09. The molecule has 0 aliphatic heterocycles. The van der Waals surface area contributed by atoms with Crippen LogP contribution in [0.25, 0.3) is 0 Å². The third kappa shape index (κ3) is 5.91. The average Bonchev–Trinajstić information content (AvgIpc) is 2.65. The maximum absolute atomic E-state index is 12.9. The van der Waals surface area contributed by atoms with Crippen LogP contribution in [-0.4, -0.2) is 27.8 Å². The Balaban J connectivity index is 1.54. The SMILES string of the molecule is CC(C)Oc1ccc(Nc2cnnc(NCCc3ccc(F)cc3)n2)cc1. The molecule has 0 saturated heterocycles. The van der Waals surface area contributed by atoms with Crippen molar-refractivity contribution in [3.8, 4) is 5.75 Å². The van der Waals surface area contributed by atoms with E-state index in [0.29, 0.717) is 18.3 Å². The van der Waals surface area contributed by atoms with E-state index in [1.54, 1.807) is 18.3 Å². The first-order valence-corrected chi connectivity index (χ1v) is 8.80. The zero-order valence-electron chi connectivity index (χ0n) is 15.3. The van der Waals surface area contributed by atoms with E-state index in [1.807, 2.05) is 38.1 Å². The Bertz CT molecular complexity index is 853. The van der Waals surface area contributed by atoms with Gasteiger partial charge in [-0.25, -0.2) is 4.39 Å². The smallest absolute Gasteiger partial charge is 0.244 e. The highest BCUT2D eigenvalue weighted by molar-refractivity contribution is 5.57. The number of anilines is 3. The molecule has 0 saturated carbocycles. The number of nitrogens with zero attached hydrogens (tertiary/aromatic N) is 3. The second-order valence-corrected chi connectivity index (χ2v) is 6.28. The molecule has 1 heterocycles. The van der Waals surface area contributed by atoms with Crippen LogP contribution in [-0.2, 0) is 6.42 Å². The molecule has 6 nitrogen and oxygen atoms in total. The molecular formula is C20H22FN5O. The van der Waals surface area contributed by atoms with Crippen LogP contribution in [0, 0.1) is 5.82 Å². The predicted molar refractivity (Wildman–Crippen MR) is 104 cm³/mol. The third-order valence-electron chi connectivity index (χ3n) is 3.67. The quantitative estimate of drug-likeness (QED) is 0.622. The molecule has 0 radical (unpaired) electrons. The van der Waals surface area contributed by atoms with Crippen LogP contribution in [0.3, 0.4) is 0 Å². The number of aromatic nitrogens is 3. The Labute approximate surface area is 157 Å². The molecule has 7 heteroatoms. The Morgan fingerprint density at radius 1 is 1.04 bits per heavy atom. The van der Waals surface area contributed by atoms with Gasteiger partial charge in [0.25, 0.3) is 0 Å². The molecule has 2 N–H and O–H groups in total. The van der Waals surface area contributed by atoms with E-state index in [1.165, 1.54) is 12.1 Å². The van der Waals surface area contributed by atoms with Gasteiger partial charge in [0.15, 0.2) is 5.82 Å². The fourth-order valence-electron chi connectivity index (χ4n) is 2.45. The molecule has 0 atom stereocenters. The number of halogens is 1. The first-order valence-electron chi connectivity index (χ1n) is 8.80. The van der Waals surface area contributed by atoms with Crippen LogP contribution in [0.4, 0.5) is 21.8 Å². The van der Waals surface area contributed by atoms with E-state index < -0.39 is 0 Å². The van der Waals surface area contributed by atoms with Crippen LogP contribution >= 0.6 is 0 Å². The molecule has 3 aromatic rings. The number of rotatable bonds is 8. The summed E-state index contributed by atoms with van der Waals surface area (Å²) < 4.78 is 18.5. The lowest BCUT2D eigenvalue weighted by molar-refractivity contribution is 0.242. The van der Waals surface area contributed by atoms with Gasteiger partial charge in [-0.05, 0) is 62.2 Å². The molecule has 0 fully saturated rings. The van der Waals surface area contributed by atoms with Gasteiger partial charge < -0.3 is 15.4 Å². The summed E-state index contributed by atoms with van der Waals surface area (Å²) in [5.74, 6) is 1.61. The number of hydrogen-bond acceptors (Lipinski definition) is 6. The lowest BCUT2D eigenvalue weighted by atomic mass is 10.1. The molecule has 0 aliphatic carbocycles. The van der Waals surface area contributed by atoms with Crippen molar-refractivity contribution in [3.63, 3.8) is 0 Å². The highest BCUT2D eigenvalue weighted by Gasteiger charge is 2.03. The minimum absolute atomic E-state index is 0.137. The van der Waals surface area contributed by atoms with Gasteiger partial charge in [-0.2, -0.15) is 10.1 Å². The number of hydrogen-bond donors (Lipinski definition) is 2. The molecule has 0 bridgehead atoms. The summed E-state index contributed by atoms with van der Waals surface area (Å²) in [6, 6.07) is 14.1. The van der Waals surface area contributed by atoms with Gasteiger partial charge in [0.05, 0.1) is 12.3 Å². The van der Waals surface area contributed by atoms with Crippen molar-refractivity contribution in [1.29, 1.82) is 0 Å². The first kappa shape index (κ1) is 18.6. The van der Waals surface area contributed by atoms with E-state index in [2.05, 4.69) is 25.8 Å². The summed E-state index contributed by atoms with van der Waals surface area (Å²) in [5, 5.41) is 14.3. The topological polar surface area (TPSA) is 72.0 Å². The predicted octanol–water partition coefficient (Wildman–Crippen LogP) is 4.20. The van der Waals surface area contributed by atoms with E-state index in [-0.39, 0.29) is 11.9 Å². The summed E-state index contributed by atoms with van der Waals surface area (Å²) in [5.41, 5.74) is 1.92. The summed E-state index contributed by atoms with van der Waals surface area (Å²) in [7, 11) is 0. The number of benzene rings is 2. The maximum Gasteiger partial charge on any atom is 0.244 e. The normalized spacial score (nSPS) is 10.7. The molecular weight excluding hydrogens is 345 g/mol. The molecule has 2 aromatic carbocycles. The van der Waals surface area contributed by atoms with Gasteiger partial charge in [0.1, 0.15) is 11.6 Å². The largest absolute Gasteiger partial charge is 0.491 e. The summed E-state index contributed by atoms with van der Waals surface area (Å²) in [6.07, 6.45) is 2.43. The van der Waals surface area contributed by atoms with Gasteiger partial charge >= 0.3 is 0 Å². The Hall–Kier alpha value is -3.22. The van der Waals surface area contributed by atoms with Crippen LogP contribution in [0.1, 0.15) is 19.4 Å². The third-order valence-corrected chi connectivity index (χ3v) is 3.67. The van der Waals surface area contributed by atoms with E-state index in [0.717, 1.165) is 23.4 Å².